The molecule has 0 spiro atoms. The molecule has 0 unspecified atom stereocenters. The Balaban J connectivity index is 1.94. The number of amides is 1. The Morgan fingerprint density at radius 3 is 2.67 bits per heavy atom. The van der Waals surface area contributed by atoms with Crippen molar-refractivity contribution < 1.29 is 4.79 Å². The van der Waals surface area contributed by atoms with E-state index in [1.54, 1.807) is 0 Å². The van der Waals surface area contributed by atoms with Crippen LogP contribution in [0.1, 0.15) is 54.2 Å². The number of fused-ring (bicyclic) bond motifs is 1. The molecule has 1 heterocycles. The molecule has 1 aliphatic rings. The second kappa shape index (κ2) is 5.55. The topological polar surface area (TPSA) is 36.1 Å². The molecule has 0 saturated heterocycles. The number of benzene rings is 1. The molecule has 3 heteroatoms. The standard InChI is InChI=1S/C18H24N2O/c1-4-20(15-7-5-6-8-15)18(21)14-9-10-17-16(11-14)12(2)13(3)19-17/h9-11,15,19H,4-8H2,1-3H3. The fraction of sp³-hybridized carbons (Fsp3) is 0.500. The quantitative estimate of drug-likeness (QED) is 0.901. The first kappa shape index (κ1) is 14.2. The fourth-order valence-corrected chi connectivity index (χ4v) is 3.54. The summed E-state index contributed by atoms with van der Waals surface area (Å²) in [4.78, 5) is 18.3. The monoisotopic (exact) mass is 284 g/mol. The largest absolute Gasteiger partial charge is 0.358 e. The maximum Gasteiger partial charge on any atom is 0.254 e. The van der Waals surface area contributed by atoms with Gasteiger partial charge in [0.15, 0.2) is 0 Å². The van der Waals surface area contributed by atoms with E-state index in [4.69, 9.17) is 0 Å². The number of nitrogens with one attached hydrogen (secondary N) is 1. The zero-order chi connectivity index (χ0) is 15.0. The third-order valence-electron chi connectivity index (χ3n) is 4.92. The van der Waals surface area contributed by atoms with E-state index in [2.05, 4.69) is 30.7 Å². The molecule has 1 amide bonds. The van der Waals surface area contributed by atoms with E-state index < -0.39 is 0 Å². The van der Waals surface area contributed by atoms with E-state index in [-0.39, 0.29) is 5.91 Å². The molecule has 2 aromatic rings. The maximum absolute atomic E-state index is 12.8. The normalized spacial score (nSPS) is 15.8. The van der Waals surface area contributed by atoms with Crippen LogP contribution >= 0.6 is 0 Å². The molecule has 3 nitrogen and oxygen atoms in total. The number of nitrogens with zero attached hydrogens (tertiary/aromatic N) is 1. The van der Waals surface area contributed by atoms with Crippen molar-refractivity contribution >= 4 is 16.8 Å². The van der Waals surface area contributed by atoms with Crippen LogP contribution in [0.25, 0.3) is 10.9 Å². The summed E-state index contributed by atoms with van der Waals surface area (Å²) in [5, 5.41) is 1.17. The first-order valence-corrected chi connectivity index (χ1v) is 8.01. The fourth-order valence-electron chi connectivity index (χ4n) is 3.54. The van der Waals surface area contributed by atoms with Gasteiger partial charge in [-0.1, -0.05) is 12.8 Å². The van der Waals surface area contributed by atoms with Crippen LogP contribution in [0.4, 0.5) is 0 Å². The molecule has 3 rings (SSSR count). The maximum atomic E-state index is 12.8. The van der Waals surface area contributed by atoms with Crippen LogP contribution in [0.3, 0.4) is 0 Å². The minimum Gasteiger partial charge on any atom is -0.358 e. The van der Waals surface area contributed by atoms with Crippen molar-refractivity contribution in [2.24, 2.45) is 0 Å². The predicted molar refractivity (Wildman–Crippen MR) is 86.7 cm³/mol. The van der Waals surface area contributed by atoms with Gasteiger partial charge in [-0.2, -0.15) is 0 Å². The van der Waals surface area contributed by atoms with Crippen molar-refractivity contribution in [2.45, 2.75) is 52.5 Å². The molecule has 112 valence electrons. The lowest BCUT2D eigenvalue weighted by Gasteiger charge is -2.27. The van der Waals surface area contributed by atoms with Crippen LogP contribution in [-0.2, 0) is 0 Å². The number of aromatic nitrogens is 1. The molecule has 21 heavy (non-hydrogen) atoms. The summed E-state index contributed by atoms with van der Waals surface area (Å²) < 4.78 is 0. The Hall–Kier alpha value is -1.77. The van der Waals surface area contributed by atoms with Crippen molar-refractivity contribution in [3.05, 3.63) is 35.0 Å². The smallest absolute Gasteiger partial charge is 0.254 e. The van der Waals surface area contributed by atoms with E-state index in [1.807, 2.05) is 18.2 Å². The Labute approximate surface area is 126 Å². The van der Waals surface area contributed by atoms with Gasteiger partial charge >= 0.3 is 0 Å². The van der Waals surface area contributed by atoms with Crippen LogP contribution in [0.2, 0.25) is 0 Å². The van der Waals surface area contributed by atoms with Crippen molar-refractivity contribution in [3.63, 3.8) is 0 Å². The summed E-state index contributed by atoms with van der Waals surface area (Å²) in [5.41, 5.74) is 4.35. The minimum atomic E-state index is 0.185. The summed E-state index contributed by atoms with van der Waals surface area (Å²) in [6, 6.07) is 6.48. The SMILES string of the molecule is CCN(C(=O)c1ccc2[nH]c(C)c(C)c2c1)C1CCCC1. The van der Waals surface area contributed by atoms with Crippen molar-refractivity contribution in [1.82, 2.24) is 9.88 Å². The van der Waals surface area contributed by atoms with Gasteiger partial charge in [-0.15, -0.1) is 0 Å². The molecule has 1 fully saturated rings. The Bertz CT molecular complexity index is 665. The zero-order valence-corrected chi connectivity index (χ0v) is 13.2. The molecule has 0 aliphatic heterocycles. The van der Waals surface area contributed by atoms with Gasteiger partial charge in [0.05, 0.1) is 0 Å². The summed E-state index contributed by atoms with van der Waals surface area (Å²) in [7, 11) is 0. The third-order valence-corrected chi connectivity index (χ3v) is 4.92. The van der Waals surface area contributed by atoms with E-state index in [0.29, 0.717) is 6.04 Å². The van der Waals surface area contributed by atoms with Gasteiger partial charge in [0.25, 0.3) is 5.91 Å². The average molecular weight is 284 g/mol. The summed E-state index contributed by atoms with van der Waals surface area (Å²) in [6.45, 7) is 7.07. The third kappa shape index (κ3) is 2.45. The van der Waals surface area contributed by atoms with Gasteiger partial charge in [0.2, 0.25) is 0 Å². The summed E-state index contributed by atoms with van der Waals surface area (Å²) in [6.07, 6.45) is 4.82. The highest BCUT2D eigenvalue weighted by atomic mass is 16.2. The highest BCUT2D eigenvalue weighted by Crippen LogP contribution is 2.27. The van der Waals surface area contributed by atoms with E-state index in [9.17, 15) is 4.79 Å². The molecule has 0 atom stereocenters. The second-order valence-electron chi connectivity index (χ2n) is 6.16. The minimum absolute atomic E-state index is 0.185. The van der Waals surface area contributed by atoms with Gasteiger partial charge in [-0.25, -0.2) is 0 Å². The van der Waals surface area contributed by atoms with Crippen LogP contribution in [0, 0.1) is 13.8 Å². The van der Waals surface area contributed by atoms with Gasteiger partial charge in [0.1, 0.15) is 0 Å². The zero-order valence-electron chi connectivity index (χ0n) is 13.2. The van der Waals surface area contributed by atoms with Crippen molar-refractivity contribution in [3.8, 4) is 0 Å². The summed E-state index contributed by atoms with van der Waals surface area (Å²) >= 11 is 0. The predicted octanol–water partition coefficient (Wildman–Crippen LogP) is 4.19. The average Bonchev–Trinajstić information content (AvgIpc) is 3.09. The lowest BCUT2D eigenvalue weighted by molar-refractivity contribution is 0.0694. The van der Waals surface area contributed by atoms with Gasteiger partial charge < -0.3 is 9.88 Å². The molecular formula is C18H24N2O. The number of hydrogen-bond donors (Lipinski definition) is 1. The van der Waals surface area contributed by atoms with Crippen LogP contribution in [-0.4, -0.2) is 28.4 Å². The Morgan fingerprint density at radius 1 is 1.29 bits per heavy atom. The molecule has 0 bridgehead atoms. The van der Waals surface area contributed by atoms with Crippen LogP contribution in [0.15, 0.2) is 18.2 Å². The first-order chi connectivity index (χ1) is 10.1. The number of rotatable bonds is 3. The number of aromatic amines is 1. The molecule has 1 N–H and O–H groups in total. The van der Waals surface area contributed by atoms with Gasteiger partial charge in [-0.3, -0.25) is 4.79 Å². The van der Waals surface area contributed by atoms with Crippen molar-refractivity contribution in [1.29, 1.82) is 0 Å². The second-order valence-corrected chi connectivity index (χ2v) is 6.16. The number of carbonyl (C=O) groups excluding carboxylic acids is 1. The van der Waals surface area contributed by atoms with Crippen LogP contribution in [0.5, 0.6) is 0 Å². The Morgan fingerprint density at radius 2 is 2.00 bits per heavy atom. The highest BCUT2D eigenvalue weighted by molar-refractivity contribution is 5.99. The van der Waals surface area contributed by atoms with E-state index >= 15 is 0 Å². The van der Waals surface area contributed by atoms with E-state index in [1.165, 1.54) is 29.5 Å². The van der Waals surface area contributed by atoms with Crippen LogP contribution < -0.4 is 0 Å². The molecule has 1 saturated carbocycles. The Kier molecular flexibility index (Phi) is 3.75. The van der Waals surface area contributed by atoms with Crippen molar-refractivity contribution in [2.75, 3.05) is 6.54 Å². The van der Waals surface area contributed by atoms with E-state index in [0.717, 1.165) is 30.5 Å². The highest BCUT2D eigenvalue weighted by Gasteiger charge is 2.26. The molecule has 1 aromatic carbocycles. The molecule has 1 aromatic heterocycles. The first-order valence-electron chi connectivity index (χ1n) is 8.01. The van der Waals surface area contributed by atoms with Gasteiger partial charge in [0, 0.05) is 34.7 Å². The number of carbonyl (C=O) groups is 1. The molecular weight excluding hydrogens is 260 g/mol. The molecule has 1 aliphatic carbocycles. The summed E-state index contributed by atoms with van der Waals surface area (Å²) in [5.74, 6) is 0.185. The lowest BCUT2D eigenvalue weighted by atomic mass is 10.1. The number of aryl methyl sites for hydroxylation is 2. The molecule has 0 radical (unpaired) electrons. The number of H-pyrrole nitrogens is 1. The van der Waals surface area contributed by atoms with Gasteiger partial charge in [-0.05, 0) is 57.4 Å². The lowest BCUT2D eigenvalue weighted by Crippen LogP contribution is -2.38. The number of hydrogen-bond acceptors (Lipinski definition) is 1.